The number of carbonyl (C=O) groups is 1. The maximum Gasteiger partial charge on any atom is 0.366 e. The third kappa shape index (κ3) is 3.61. The maximum atomic E-state index is 12.7. The first-order chi connectivity index (χ1) is 10.00. The number of hydrogen-bond acceptors (Lipinski definition) is 5. The van der Waals surface area contributed by atoms with Crippen molar-refractivity contribution in [1.82, 2.24) is 0 Å². The van der Waals surface area contributed by atoms with Crippen LogP contribution in [-0.4, -0.2) is 24.8 Å². The first-order valence-corrected chi connectivity index (χ1v) is 8.75. The molecule has 1 aromatic carbocycles. The van der Waals surface area contributed by atoms with Crippen LogP contribution in [0, 0.1) is 6.92 Å². The summed E-state index contributed by atoms with van der Waals surface area (Å²) in [6.07, 6.45) is -0.199. The number of rotatable bonds is 6. The van der Waals surface area contributed by atoms with Gasteiger partial charge >= 0.3 is 7.60 Å². The second-order valence-electron chi connectivity index (χ2n) is 4.93. The van der Waals surface area contributed by atoms with Gasteiger partial charge in [-0.1, -0.05) is 29.8 Å². The molecule has 21 heavy (non-hydrogen) atoms. The summed E-state index contributed by atoms with van der Waals surface area (Å²) in [7, 11) is -3.56. The van der Waals surface area contributed by atoms with E-state index >= 15 is 0 Å². The standard InChI is InChI=1S/C15H21O5P/c1-4-18-21(17,19-5-2)15-13(16)10-14(20-15)12-8-6-11(3)7-9-12/h6-9,14-15H,4-5,10H2,1-3H3. The summed E-state index contributed by atoms with van der Waals surface area (Å²) in [6, 6.07) is 7.76. The molecular weight excluding hydrogens is 291 g/mol. The van der Waals surface area contributed by atoms with Crippen molar-refractivity contribution < 1.29 is 23.1 Å². The zero-order chi connectivity index (χ0) is 15.5. The van der Waals surface area contributed by atoms with Crippen molar-refractivity contribution in [3.63, 3.8) is 0 Å². The minimum atomic E-state index is -3.56. The first-order valence-electron chi connectivity index (χ1n) is 7.13. The molecule has 116 valence electrons. The minimum absolute atomic E-state index is 0.192. The molecule has 0 saturated carbocycles. The second kappa shape index (κ2) is 6.84. The van der Waals surface area contributed by atoms with Crippen LogP contribution in [0.3, 0.4) is 0 Å². The van der Waals surface area contributed by atoms with Crippen LogP contribution in [0.15, 0.2) is 24.3 Å². The molecule has 6 heteroatoms. The van der Waals surface area contributed by atoms with Crippen LogP contribution in [-0.2, 0) is 23.1 Å². The smallest absolute Gasteiger partial charge is 0.350 e. The van der Waals surface area contributed by atoms with Crippen molar-refractivity contribution in [2.24, 2.45) is 0 Å². The number of ketones is 1. The van der Waals surface area contributed by atoms with Crippen LogP contribution < -0.4 is 0 Å². The zero-order valence-corrected chi connectivity index (χ0v) is 13.5. The van der Waals surface area contributed by atoms with Crippen LogP contribution in [0.2, 0.25) is 0 Å². The lowest BCUT2D eigenvalue weighted by Gasteiger charge is -2.22. The fourth-order valence-corrected chi connectivity index (χ4v) is 4.14. The number of Topliss-reactive ketones (excluding diaryl/α,β-unsaturated/α-hetero) is 1. The van der Waals surface area contributed by atoms with Crippen LogP contribution >= 0.6 is 7.60 Å². The molecule has 0 radical (unpaired) electrons. The molecule has 0 N–H and O–H groups in total. The van der Waals surface area contributed by atoms with Gasteiger partial charge in [-0.15, -0.1) is 0 Å². The van der Waals surface area contributed by atoms with E-state index < -0.39 is 19.5 Å². The van der Waals surface area contributed by atoms with Crippen LogP contribution in [0.25, 0.3) is 0 Å². The van der Waals surface area contributed by atoms with Gasteiger partial charge in [0.1, 0.15) is 0 Å². The van der Waals surface area contributed by atoms with Crippen LogP contribution in [0.5, 0.6) is 0 Å². The maximum absolute atomic E-state index is 12.7. The van der Waals surface area contributed by atoms with Crippen molar-refractivity contribution >= 4 is 13.4 Å². The highest BCUT2D eigenvalue weighted by atomic mass is 31.2. The van der Waals surface area contributed by atoms with E-state index in [1.165, 1.54) is 0 Å². The monoisotopic (exact) mass is 312 g/mol. The Hall–Kier alpha value is -1.00. The SMILES string of the molecule is CCOP(=O)(OCC)C1OC(c2ccc(C)cc2)CC1=O. The Labute approximate surface area is 125 Å². The quantitative estimate of drug-likeness (QED) is 0.751. The highest BCUT2D eigenvalue weighted by Gasteiger charge is 2.48. The Morgan fingerprint density at radius 3 is 2.29 bits per heavy atom. The van der Waals surface area contributed by atoms with Crippen molar-refractivity contribution in [3.05, 3.63) is 35.4 Å². The highest BCUT2D eigenvalue weighted by molar-refractivity contribution is 7.55. The number of carbonyl (C=O) groups excluding carboxylic acids is 1. The molecular formula is C15H21O5P. The van der Waals surface area contributed by atoms with Gasteiger partial charge in [-0.2, -0.15) is 0 Å². The van der Waals surface area contributed by atoms with E-state index in [1.54, 1.807) is 13.8 Å². The van der Waals surface area contributed by atoms with Gasteiger partial charge in [-0.3, -0.25) is 9.36 Å². The molecule has 1 aliphatic heterocycles. The molecule has 0 spiro atoms. The molecule has 0 bridgehead atoms. The molecule has 2 rings (SSSR count). The van der Waals surface area contributed by atoms with Gasteiger partial charge in [0.25, 0.3) is 0 Å². The topological polar surface area (TPSA) is 61.8 Å². The van der Waals surface area contributed by atoms with Crippen LogP contribution in [0.1, 0.15) is 37.5 Å². The van der Waals surface area contributed by atoms with E-state index in [0.717, 1.165) is 11.1 Å². The van der Waals surface area contributed by atoms with Crippen molar-refractivity contribution in [3.8, 4) is 0 Å². The Morgan fingerprint density at radius 2 is 1.76 bits per heavy atom. The van der Waals surface area contributed by atoms with E-state index in [9.17, 15) is 9.36 Å². The Morgan fingerprint density at radius 1 is 1.19 bits per heavy atom. The van der Waals surface area contributed by atoms with Crippen molar-refractivity contribution in [2.75, 3.05) is 13.2 Å². The van der Waals surface area contributed by atoms with E-state index in [1.807, 2.05) is 31.2 Å². The number of benzene rings is 1. The second-order valence-corrected chi connectivity index (χ2v) is 7.00. The lowest BCUT2D eigenvalue weighted by molar-refractivity contribution is -0.120. The van der Waals surface area contributed by atoms with E-state index in [0.29, 0.717) is 0 Å². The van der Waals surface area contributed by atoms with E-state index in [2.05, 4.69) is 0 Å². The number of ether oxygens (including phenoxy) is 1. The van der Waals surface area contributed by atoms with Gasteiger partial charge in [0.2, 0.25) is 5.85 Å². The van der Waals surface area contributed by atoms with E-state index in [4.69, 9.17) is 13.8 Å². The Balaban J connectivity index is 2.18. The fourth-order valence-electron chi connectivity index (χ4n) is 2.32. The average Bonchev–Trinajstić information content (AvgIpc) is 2.83. The summed E-state index contributed by atoms with van der Waals surface area (Å²) in [5, 5.41) is 0. The van der Waals surface area contributed by atoms with Crippen molar-refractivity contribution in [2.45, 2.75) is 39.1 Å². The van der Waals surface area contributed by atoms with Gasteiger partial charge in [-0.05, 0) is 26.3 Å². The molecule has 1 fully saturated rings. The minimum Gasteiger partial charge on any atom is -0.350 e. The van der Waals surface area contributed by atoms with Gasteiger partial charge in [-0.25, -0.2) is 0 Å². The number of hydrogen-bond donors (Lipinski definition) is 0. The third-order valence-corrected chi connectivity index (χ3v) is 5.53. The first kappa shape index (κ1) is 16.4. The summed E-state index contributed by atoms with van der Waals surface area (Å²) in [5.74, 6) is -1.35. The molecule has 2 atom stereocenters. The molecule has 1 aliphatic rings. The van der Waals surface area contributed by atoms with Gasteiger partial charge in [0.05, 0.1) is 19.3 Å². The highest BCUT2D eigenvalue weighted by Crippen LogP contribution is 2.57. The molecule has 2 unspecified atom stereocenters. The van der Waals surface area contributed by atoms with Crippen molar-refractivity contribution in [1.29, 1.82) is 0 Å². The average molecular weight is 312 g/mol. The normalized spacial score (nSPS) is 22.7. The summed E-state index contributed by atoms with van der Waals surface area (Å²) < 4.78 is 28.8. The lowest BCUT2D eigenvalue weighted by atomic mass is 10.1. The molecule has 1 saturated heterocycles. The lowest BCUT2D eigenvalue weighted by Crippen LogP contribution is -2.19. The molecule has 1 aromatic rings. The van der Waals surface area contributed by atoms with E-state index in [-0.39, 0.29) is 25.4 Å². The van der Waals surface area contributed by atoms with Gasteiger partial charge in [0.15, 0.2) is 5.78 Å². The number of aryl methyl sites for hydroxylation is 1. The summed E-state index contributed by atoms with van der Waals surface area (Å²) >= 11 is 0. The summed E-state index contributed by atoms with van der Waals surface area (Å²) in [5.41, 5.74) is 2.03. The zero-order valence-electron chi connectivity index (χ0n) is 12.6. The largest absolute Gasteiger partial charge is 0.366 e. The van der Waals surface area contributed by atoms with Crippen LogP contribution in [0.4, 0.5) is 0 Å². The Bertz CT molecular complexity index is 529. The van der Waals surface area contributed by atoms with Gasteiger partial charge in [0, 0.05) is 6.42 Å². The molecule has 5 nitrogen and oxygen atoms in total. The van der Waals surface area contributed by atoms with Gasteiger partial charge < -0.3 is 13.8 Å². The predicted molar refractivity (Wildman–Crippen MR) is 79.3 cm³/mol. The molecule has 0 amide bonds. The Kier molecular flexibility index (Phi) is 5.33. The summed E-state index contributed by atoms with van der Waals surface area (Å²) in [4.78, 5) is 12.2. The molecule has 1 heterocycles. The predicted octanol–water partition coefficient (Wildman–Crippen LogP) is 3.62. The summed E-state index contributed by atoms with van der Waals surface area (Å²) in [6.45, 7) is 5.83. The molecule has 0 aliphatic carbocycles. The fraction of sp³-hybridized carbons (Fsp3) is 0.533. The molecule has 0 aromatic heterocycles. The third-order valence-electron chi connectivity index (χ3n) is 3.31.